The lowest BCUT2D eigenvalue weighted by molar-refractivity contribution is -0.125. The van der Waals surface area contributed by atoms with Crippen LogP contribution in [0.5, 0.6) is 0 Å². The molecule has 4 bridgehead atoms. The first-order valence-electron chi connectivity index (χ1n) is 13.2. The molecule has 3 amide bonds. The minimum Gasteiger partial charge on any atom is -0.380 e. The molecule has 1 aromatic heterocycles. The van der Waals surface area contributed by atoms with Gasteiger partial charge in [0.25, 0.3) is 11.8 Å². The highest BCUT2D eigenvalue weighted by molar-refractivity contribution is 6.25. The molecule has 4 aliphatic carbocycles. The lowest BCUT2D eigenvalue weighted by atomic mass is 9.53. The molecule has 8 rings (SSSR count). The number of fused-ring (bicyclic) bond motifs is 1. The molecule has 0 spiro atoms. The molecule has 3 heterocycles. The van der Waals surface area contributed by atoms with Gasteiger partial charge < -0.3 is 10.6 Å². The molecule has 36 heavy (non-hydrogen) atoms. The molecular weight excluding hydrogens is 454 g/mol. The Morgan fingerprint density at radius 2 is 1.78 bits per heavy atom. The zero-order valence-electron chi connectivity index (χ0n) is 20.3. The SMILES string of the molecule is C=C1CCC(N2C(=O)c3cccc(NCc4cnn(C56CC7CC(CC(C7)C5)C6)c4)c3C2=O)C(=O)N1. The summed E-state index contributed by atoms with van der Waals surface area (Å²) in [5.74, 6) is 1.36. The lowest BCUT2D eigenvalue weighted by Gasteiger charge is -2.56. The van der Waals surface area contributed by atoms with Gasteiger partial charge in [-0.1, -0.05) is 12.6 Å². The molecule has 2 aromatic rings. The van der Waals surface area contributed by atoms with E-state index in [1.165, 1.54) is 38.5 Å². The van der Waals surface area contributed by atoms with Crippen molar-refractivity contribution in [2.24, 2.45) is 17.8 Å². The molecule has 0 radical (unpaired) electrons. The number of carbonyl (C=O) groups is 3. The summed E-state index contributed by atoms with van der Waals surface area (Å²) in [7, 11) is 0. The first-order valence-corrected chi connectivity index (χ1v) is 13.2. The van der Waals surface area contributed by atoms with Crippen molar-refractivity contribution in [1.82, 2.24) is 20.0 Å². The fourth-order valence-electron chi connectivity index (χ4n) is 8.00. The van der Waals surface area contributed by atoms with Gasteiger partial charge in [-0.25, -0.2) is 0 Å². The summed E-state index contributed by atoms with van der Waals surface area (Å²) in [6, 6.07) is 4.44. The van der Waals surface area contributed by atoms with Crippen LogP contribution in [0.4, 0.5) is 5.69 Å². The molecule has 1 unspecified atom stereocenters. The third-order valence-corrected chi connectivity index (χ3v) is 9.19. The van der Waals surface area contributed by atoms with Crippen molar-refractivity contribution in [2.45, 2.75) is 69.5 Å². The van der Waals surface area contributed by atoms with E-state index in [9.17, 15) is 14.4 Å². The maximum Gasteiger partial charge on any atom is 0.264 e. The van der Waals surface area contributed by atoms with Crippen molar-refractivity contribution < 1.29 is 14.4 Å². The second-order valence-corrected chi connectivity index (χ2v) is 11.6. The Hall–Kier alpha value is -3.42. The number of rotatable bonds is 5. The average molecular weight is 486 g/mol. The van der Waals surface area contributed by atoms with Crippen LogP contribution in [0.1, 0.15) is 77.6 Å². The van der Waals surface area contributed by atoms with E-state index >= 15 is 0 Å². The van der Waals surface area contributed by atoms with E-state index in [0.29, 0.717) is 41.9 Å². The molecule has 2 N–H and O–H groups in total. The number of nitrogens with zero attached hydrogens (tertiary/aromatic N) is 3. The number of benzene rings is 1. The highest BCUT2D eigenvalue weighted by atomic mass is 16.2. The fourth-order valence-corrected chi connectivity index (χ4v) is 8.00. The zero-order valence-corrected chi connectivity index (χ0v) is 20.3. The van der Waals surface area contributed by atoms with E-state index in [0.717, 1.165) is 28.2 Å². The number of imide groups is 1. The number of piperidine rings is 1. The van der Waals surface area contributed by atoms with E-state index in [1.54, 1.807) is 12.1 Å². The van der Waals surface area contributed by atoms with Crippen molar-refractivity contribution in [3.63, 3.8) is 0 Å². The third kappa shape index (κ3) is 3.26. The number of hydrogen-bond donors (Lipinski definition) is 2. The van der Waals surface area contributed by atoms with Gasteiger partial charge in [-0.15, -0.1) is 0 Å². The number of allylic oxidation sites excluding steroid dienone is 1. The van der Waals surface area contributed by atoms with Crippen LogP contribution in [0.15, 0.2) is 42.9 Å². The zero-order chi connectivity index (χ0) is 24.6. The van der Waals surface area contributed by atoms with Gasteiger partial charge in [0.1, 0.15) is 6.04 Å². The van der Waals surface area contributed by atoms with Crippen molar-refractivity contribution in [3.05, 3.63) is 59.6 Å². The Bertz CT molecular complexity index is 1270. The van der Waals surface area contributed by atoms with E-state index in [4.69, 9.17) is 5.10 Å². The van der Waals surface area contributed by atoms with Crippen LogP contribution in [-0.4, -0.2) is 38.4 Å². The number of amides is 3. The molecule has 2 aliphatic heterocycles. The van der Waals surface area contributed by atoms with Gasteiger partial charge in [0.2, 0.25) is 5.91 Å². The van der Waals surface area contributed by atoms with Crippen LogP contribution in [-0.2, 0) is 16.9 Å². The summed E-state index contributed by atoms with van der Waals surface area (Å²) in [4.78, 5) is 40.1. The second-order valence-electron chi connectivity index (χ2n) is 11.6. The Balaban J connectivity index is 1.10. The van der Waals surface area contributed by atoms with E-state index in [1.807, 2.05) is 12.3 Å². The Morgan fingerprint density at radius 1 is 1.06 bits per heavy atom. The normalized spacial score (nSPS) is 32.7. The van der Waals surface area contributed by atoms with Gasteiger partial charge in [-0.2, -0.15) is 5.10 Å². The van der Waals surface area contributed by atoms with Gasteiger partial charge in [-0.05, 0) is 81.3 Å². The van der Waals surface area contributed by atoms with Crippen LogP contribution in [0.3, 0.4) is 0 Å². The second kappa shape index (κ2) is 7.79. The standard InChI is InChI=1S/C28H31N5O3/c1-16-5-6-23(25(34)31-16)33-26(35)21-3-2-4-22(24(21)27(33)36)29-13-20-14-30-32(15-20)28-10-17-7-18(11-28)9-19(8-17)12-28/h2-4,14-15,17-19,23,29H,1,5-13H2,(H,31,34). The predicted molar refractivity (Wildman–Crippen MR) is 133 cm³/mol. The molecular formula is C28H31N5O3. The molecule has 1 saturated heterocycles. The van der Waals surface area contributed by atoms with Crippen molar-refractivity contribution >= 4 is 23.4 Å². The third-order valence-electron chi connectivity index (χ3n) is 9.19. The molecule has 8 heteroatoms. The maximum atomic E-state index is 13.4. The van der Waals surface area contributed by atoms with Crippen LogP contribution >= 0.6 is 0 Å². The minimum atomic E-state index is -0.811. The number of nitrogens with one attached hydrogen (secondary N) is 2. The van der Waals surface area contributed by atoms with Crippen LogP contribution in [0.25, 0.3) is 0 Å². The largest absolute Gasteiger partial charge is 0.380 e. The Morgan fingerprint density at radius 3 is 2.47 bits per heavy atom. The Labute approximate surface area is 210 Å². The average Bonchev–Trinajstić information content (AvgIpc) is 3.42. The fraction of sp³-hybridized carbons (Fsp3) is 0.500. The first-order chi connectivity index (χ1) is 17.4. The predicted octanol–water partition coefficient (Wildman–Crippen LogP) is 3.81. The van der Waals surface area contributed by atoms with Gasteiger partial charge in [0, 0.05) is 29.7 Å². The minimum absolute atomic E-state index is 0.176. The molecule has 8 nitrogen and oxygen atoms in total. The van der Waals surface area contributed by atoms with E-state index in [-0.39, 0.29) is 11.4 Å². The van der Waals surface area contributed by atoms with Crippen molar-refractivity contribution in [2.75, 3.05) is 5.32 Å². The first kappa shape index (κ1) is 21.8. The molecule has 6 aliphatic rings. The lowest BCUT2D eigenvalue weighted by Crippen LogP contribution is -2.52. The van der Waals surface area contributed by atoms with Crippen molar-refractivity contribution in [3.8, 4) is 0 Å². The van der Waals surface area contributed by atoms with Crippen molar-refractivity contribution in [1.29, 1.82) is 0 Å². The summed E-state index contributed by atoms with van der Waals surface area (Å²) < 4.78 is 2.23. The van der Waals surface area contributed by atoms with Gasteiger partial charge in [0.15, 0.2) is 0 Å². The number of carbonyl (C=O) groups excluding carboxylic acids is 3. The molecule has 1 atom stereocenters. The van der Waals surface area contributed by atoms with E-state index < -0.39 is 17.9 Å². The highest BCUT2D eigenvalue weighted by Crippen LogP contribution is 2.58. The summed E-state index contributed by atoms with van der Waals surface area (Å²) in [5, 5.41) is 10.9. The summed E-state index contributed by atoms with van der Waals surface area (Å²) in [5.41, 5.74) is 3.14. The summed E-state index contributed by atoms with van der Waals surface area (Å²) >= 11 is 0. The van der Waals surface area contributed by atoms with Gasteiger partial charge in [-0.3, -0.25) is 24.0 Å². The number of anilines is 1. The number of hydrogen-bond acceptors (Lipinski definition) is 5. The summed E-state index contributed by atoms with van der Waals surface area (Å²) in [6.07, 6.45) is 13.0. The summed E-state index contributed by atoms with van der Waals surface area (Å²) in [6.45, 7) is 4.30. The highest BCUT2D eigenvalue weighted by Gasteiger charge is 2.52. The monoisotopic (exact) mass is 485 g/mol. The molecule has 5 fully saturated rings. The maximum absolute atomic E-state index is 13.4. The molecule has 1 aromatic carbocycles. The van der Waals surface area contributed by atoms with Crippen LogP contribution in [0, 0.1) is 17.8 Å². The molecule has 4 saturated carbocycles. The quantitative estimate of drug-likeness (QED) is 0.628. The van der Waals surface area contributed by atoms with Crippen LogP contribution in [0.2, 0.25) is 0 Å². The van der Waals surface area contributed by atoms with Gasteiger partial charge in [0.05, 0.1) is 22.9 Å². The smallest absolute Gasteiger partial charge is 0.264 e. The number of aromatic nitrogens is 2. The topological polar surface area (TPSA) is 96.3 Å². The Kier molecular flexibility index (Phi) is 4.72. The van der Waals surface area contributed by atoms with E-state index in [2.05, 4.69) is 28.1 Å². The van der Waals surface area contributed by atoms with Gasteiger partial charge >= 0.3 is 0 Å². The van der Waals surface area contributed by atoms with Crippen LogP contribution < -0.4 is 10.6 Å². The molecule has 186 valence electrons.